The lowest BCUT2D eigenvalue weighted by molar-refractivity contribution is 0.0689. The van der Waals surface area contributed by atoms with Crippen LogP contribution < -0.4 is 5.32 Å². The number of nitrogens with one attached hydrogen (secondary N) is 1. The molecule has 0 aromatic heterocycles. The molecule has 3 fully saturated rings. The molecule has 2 heteroatoms. The Balaban J connectivity index is 2.22. The summed E-state index contributed by atoms with van der Waals surface area (Å²) in [6.07, 6.45) is 1.47. The quantitative estimate of drug-likeness (QED) is 0.493. The normalized spacial score (nSPS) is 60.8. The van der Waals surface area contributed by atoms with E-state index in [0.717, 1.165) is 12.8 Å². The third-order valence-corrected chi connectivity index (χ3v) is 2.25. The average molecular weight is 115 g/mol. The second kappa shape index (κ2) is 0.947. The van der Waals surface area contributed by atoms with Gasteiger partial charge in [0.2, 0.25) is 0 Å². The third kappa shape index (κ3) is 0.395. The zero-order chi connectivity index (χ0) is 5.83. The minimum atomic E-state index is -0.811. The van der Waals surface area contributed by atoms with Gasteiger partial charge in [0.1, 0.15) is 5.67 Å². The smallest absolute Gasteiger partial charge is 0.126 e. The molecule has 0 amide bonds. The molecule has 0 atom stereocenters. The van der Waals surface area contributed by atoms with E-state index >= 15 is 0 Å². The van der Waals surface area contributed by atoms with Crippen LogP contribution in [-0.4, -0.2) is 17.8 Å². The Morgan fingerprint density at radius 1 is 1.50 bits per heavy atom. The molecule has 1 nitrogen and oxygen atoms in total. The van der Waals surface area contributed by atoms with Crippen LogP contribution in [0.3, 0.4) is 0 Å². The van der Waals surface area contributed by atoms with E-state index in [1.54, 1.807) is 0 Å². The predicted octanol–water partition coefficient (Wildman–Crippen LogP) is 0.850. The minimum absolute atomic E-state index is 0.175. The Bertz CT molecular complexity index is 112. The van der Waals surface area contributed by atoms with Crippen LogP contribution >= 0.6 is 0 Å². The molecule has 0 spiro atoms. The molecule has 46 valence electrons. The number of hydrogen-bond acceptors (Lipinski definition) is 1. The fraction of sp³-hybridized carbons (Fsp3) is 1.00. The summed E-state index contributed by atoms with van der Waals surface area (Å²) in [5.74, 6) is 0. The Morgan fingerprint density at radius 3 is 2.25 bits per heavy atom. The first-order chi connectivity index (χ1) is 3.62. The minimum Gasteiger partial charge on any atom is -0.308 e. The van der Waals surface area contributed by atoms with Gasteiger partial charge in [0.05, 0.1) is 0 Å². The highest BCUT2D eigenvalue weighted by molar-refractivity contribution is 5.16. The highest BCUT2D eigenvalue weighted by Gasteiger charge is 2.58. The second-order valence-electron chi connectivity index (χ2n) is 3.42. The van der Waals surface area contributed by atoms with E-state index in [0.29, 0.717) is 6.54 Å². The van der Waals surface area contributed by atoms with E-state index in [1.165, 1.54) is 0 Å². The molecular weight excluding hydrogens is 105 g/mol. The van der Waals surface area contributed by atoms with Crippen molar-refractivity contribution in [3.8, 4) is 0 Å². The topological polar surface area (TPSA) is 12.0 Å². The van der Waals surface area contributed by atoms with Gasteiger partial charge in [-0.05, 0) is 6.92 Å². The summed E-state index contributed by atoms with van der Waals surface area (Å²) in [7, 11) is 0. The first-order valence-corrected chi connectivity index (χ1v) is 3.06. The third-order valence-electron chi connectivity index (χ3n) is 2.25. The van der Waals surface area contributed by atoms with E-state index in [2.05, 4.69) is 12.2 Å². The summed E-state index contributed by atoms with van der Waals surface area (Å²) in [6, 6.07) is 0. The monoisotopic (exact) mass is 115 g/mol. The number of hydrogen-bond donors (Lipinski definition) is 1. The highest BCUT2D eigenvalue weighted by atomic mass is 19.1. The lowest BCUT2D eigenvalue weighted by atomic mass is 9.73. The fourth-order valence-electron chi connectivity index (χ4n) is 1.97. The maximum absolute atomic E-state index is 12.9. The lowest BCUT2D eigenvalue weighted by Crippen LogP contribution is -2.46. The number of fused-ring (bicyclic) bond motifs is 1. The molecule has 0 radical (unpaired) electrons. The van der Waals surface area contributed by atoms with Gasteiger partial charge in [0.15, 0.2) is 0 Å². The second-order valence-corrected chi connectivity index (χ2v) is 3.42. The maximum atomic E-state index is 12.9. The standard InChI is InChI=1S/C6H10FN/c1-5-2-6(7,3-5)4-8-5/h8H,2-4H2,1H3. The summed E-state index contributed by atoms with van der Waals surface area (Å²) < 4.78 is 12.9. The maximum Gasteiger partial charge on any atom is 0.126 e. The molecule has 0 aromatic rings. The van der Waals surface area contributed by atoms with E-state index < -0.39 is 5.67 Å². The van der Waals surface area contributed by atoms with Crippen molar-refractivity contribution in [3.05, 3.63) is 0 Å². The summed E-state index contributed by atoms with van der Waals surface area (Å²) in [4.78, 5) is 0. The van der Waals surface area contributed by atoms with Gasteiger partial charge >= 0.3 is 0 Å². The van der Waals surface area contributed by atoms with E-state index in [4.69, 9.17) is 0 Å². The van der Waals surface area contributed by atoms with Crippen molar-refractivity contribution in [2.75, 3.05) is 6.54 Å². The number of halogens is 1. The van der Waals surface area contributed by atoms with E-state index in [-0.39, 0.29) is 5.54 Å². The molecular formula is C6H10FN. The average Bonchev–Trinajstić information content (AvgIpc) is 1.88. The molecule has 2 heterocycles. The molecule has 3 aliphatic rings. The summed E-state index contributed by atoms with van der Waals surface area (Å²) in [5.41, 5.74) is -0.635. The van der Waals surface area contributed by atoms with Gasteiger partial charge in [-0.15, -0.1) is 0 Å². The fourth-order valence-corrected chi connectivity index (χ4v) is 1.97. The molecule has 1 saturated carbocycles. The first-order valence-electron chi connectivity index (χ1n) is 3.06. The molecule has 0 unspecified atom stereocenters. The van der Waals surface area contributed by atoms with Crippen molar-refractivity contribution in [1.29, 1.82) is 0 Å². The van der Waals surface area contributed by atoms with Crippen LogP contribution in [0.5, 0.6) is 0 Å². The summed E-state index contributed by atoms with van der Waals surface area (Å²) in [5, 5.41) is 3.14. The SMILES string of the molecule is CC12CC(F)(CN1)C2. The number of rotatable bonds is 0. The van der Waals surface area contributed by atoms with Crippen molar-refractivity contribution in [1.82, 2.24) is 5.32 Å². The molecule has 8 heavy (non-hydrogen) atoms. The van der Waals surface area contributed by atoms with Crippen LogP contribution in [0.2, 0.25) is 0 Å². The van der Waals surface area contributed by atoms with Crippen molar-refractivity contribution < 1.29 is 4.39 Å². The van der Waals surface area contributed by atoms with Crippen molar-refractivity contribution >= 4 is 0 Å². The molecule has 1 N–H and O–H groups in total. The predicted molar refractivity (Wildman–Crippen MR) is 29.5 cm³/mol. The summed E-state index contributed by atoms with van der Waals surface area (Å²) in [6.45, 7) is 2.67. The Morgan fingerprint density at radius 2 is 2.12 bits per heavy atom. The Kier molecular flexibility index (Phi) is 0.561. The molecule has 2 aliphatic heterocycles. The highest BCUT2D eigenvalue weighted by Crippen LogP contribution is 2.49. The zero-order valence-corrected chi connectivity index (χ0v) is 5.00. The van der Waals surface area contributed by atoms with Crippen molar-refractivity contribution in [2.24, 2.45) is 0 Å². The van der Waals surface area contributed by atoms with Crippen LogP contribution in [0.1, 0.15) is 19.8 Å². The van der Waals surface area contributed by atoms with Gasteiger partial charge in [0, 0.05) is 24.9 Å². The largest absolute Gasteiger partial charge is 0.308 e. The number of alkyl halides is 1. The van der Waals surface area contributed by atoms with Gasteiger partial charge in [-0.25, -0.2) is 4.39 Å². The Labute approximate surface area is 48.3 Å². The van der Waals surface area contributed by atoms with Crippen LogP contribution in [0.4, 0.5) is 4.39 Å². The van der Waals surface area contributed by atoms with Gasteiger partial charge in [-0.1, -0.05) is 0 Å². The molecule has 3 rings (SSSR count). The van der Waals surface area contributed by atoms with Crippen LogP contribution in [0.25, 0.3) is 0 Å². The summed E-state index contributed by atoms with van der Waals surface area (Å²) >= 11 is 0. The van der Waals surface area contributed by atoms with Gasteiger partial charge in [-0.2, -0.15) is 0 Å². The van der Waals surface area contributed by atoms with E-state index in [9.17, 15) is 4.39 Å². The first kappa shape index (κ1) is 4.74. The van der Waals surface area contributed by atoms with Crippen LogP contribution in [0, 0.1) is 0 Å². The Hall–Kier alpha value is -0.110. The van der Waals surface area contributed by atoms with Crippen molar-refractivity contribution in [2.45, 2.75) is 31.0 Å². The lowest BCUT2D eigenvalue weighted by Gasteiger charge is -2.37. The van der Waals surface area contributed by atoms with Crippen LogP contribution in [0.15, 0.2) is 0 Å². The molecule has 2 bridgehead atoms. The molecule has 1 aliphatic carbocycles. The molecule has 0 aromatic carbocycles. The van der Waals surface area contributed by atoms with Gasteiger partial charge < -0.3 is 5.32 Å². The van der Waals surface area contributed by atoms with Gasteiger partial charge in [0.25, 0.3) is 0 Å². The van der Waals surface area contributed by atoms with Crippen LogP contribution in [-0.2, 0) is 0 Å². The van der Waals surface area contributed by atoms with E-state index in [1.807, 2.05) is 0 Å². The molecule has 2 saturated heterocycles. The van der Waals surface area contributed by atoms with Crippen molar-refractivity contribution in [3.63, 3.8) is 0 Å². The zero-order valence-electron chi connectivity index (χ0n) is 5.00. The van der Waals surface area contributed by atoms with Gasteiger partial charge in [-0.3, -0.25) is 0 Å².